The number of carbonyl (C=O) groups is 1. The first-order valence-corrected chi connectivity index (χ1v) is 9.62. The third-order valence-electron chi connectivity index (χ3n) is 6.32. The van der Waals surface area contributed by atoms with E-state index in [9.17, 15) is 4.79 Å². The van der Waals surface area contributed by atoms with E-state index in [1.54, 1.807) is 6.20 Å². The predicted octanol–water partition coefficient (Wildman–Crippen LogP) is 3.78. The second kappa shape index (κ2) is 6.67. The zero-order chi connectivity index (χ0) is 17.3. The highest BCUT2D eigenvalue weighted by Gasteiger charge is 2.50. The summed E-state index contributed by atoms with van der Waals surface area (Å²) in [6.07, 6.45) is 10.9. The first kappa shape index (κ1) is 16.4. The van der Waals surface area contributed by atoms with E-state index < -0.39 is 0 Å². The van der Waals surface area contributed by atoms with E-state index in [0.717, 1.165) is 38.2 Å². The molecule has 0 radical (unpaired) electrons. The SMILES string of the molecule is [C-]#[N+]c1cccnc1N1CCC[C@@]2(CCN(C3CCCCC3)C2=O)C1. The molecule has 2 aliphatic heterocycles. The first-order chi connectivity index (χ1) is 12.2. The van der Waals surface area contributed by atoms with Gasteiger partial charge < -0.3 is 9.80 Å². The maximum absolute atomic E-state index is 13.3. The van der Waals surface area contributed by atoms with Crippen molar-refractivity contribution in [3.8, 4) is 0 Å². The maximum atomic E-state index is 13.3. The van der Waals surface area contributed by atoms with Gasteiger partial charge in [-0.1, -0.05) is 31.4 Å². The molecule has 1 spiro atoms. The molecule has 132 valence electrons. The molecule has 1 saturated carbocycles. The quantitative estimate of drug-likeness (QED) is 0.771. The molecular weight excluding hydrogens is 312 g/mol. The molecule has 2 saturated heterocycles. The zero-order valence-electron chi connectivity index (χ0n) is 14.8. The molecule has 0 unspecified atom stereocenters. The summed E-state index contributed by atoms with van der Waals surface area (Å²) in [5.74, 6) is 1.12. The van der Waals surface area contributed by atoms with Crippen molar-refractivity contribution >= 4 is 17.4 Å². The van der Waals surface area contributed by atoms with Crippen LogP contribution < -0.4 is 4.90 Å². The van der Waals surface area contributed by atoms with Gasteiger partial charge in [-0.05, 0) is 32.1 Å². The normalized spacial score (nSPS) is 27.7. The molecule has 1 atom stereocenters. The van der Waals surface area contributed by atoms with E-state index in [1.165, 1.54) is 32.1 Å². The second-order valence-corrected chi connectivity index (χ2v) is 7.80. The van der Waals surface area contributed by atoms with Crippen molar-refractivity contribution in [1.29, 1.82) is 0 Å². The van der Waals surface area contributed by atoms with Crippen LogP contribution in [0.1, 0.15) is 51.4 Å². The first-order valence-electron chi connectivity index (χ1n) is 9.62. The number of likely N-dealkylation sites (tertiary alicyclic amines) is 1. The van der Waals surface area contributed by atoms with Gasteiger partial charge in [-0.15, -0.1) is 0 Å². The van der Waals surface area contributed by atoms with E-state index in [4.69, 9.17) is 6.57 Å². The summed E-state index contributed by atoms with van der Waals surface area (Å²) < 4.78 is 0. The third kappa shape index (κ3) is 2.88. The number of hydrogen-bond donors (Lipinski definition) is 0. The lowest BCUT2D eigenvalue weighted by Gasteiger charge is -2.41. The van der Waals surface area contributed by atoms with E-state index >= 15 is 0 Å². The molecule has 1 aromatic heterocycles. The molecule has 0 bridgehead atoms. The Morgan fingerprint density at radius 1 is 1.16 bits per heavy atom. The van der Waals surface area contributed by atoms with Gasteiger partial charge in [0.1, 0.15) is 5.82 Å². The van der Waals surface area contributed by atoms with Crippen LogP contribution in [0.3, 0.4) is 0 Å². The Morgan fingerprint density at radius 3 is 2.80 bits per heavy atom. The van der Waals surface area contributed by atoms with E-state index in [-0.39, 0.29) is 5.41 Å². The zero-order valence-corrected chi connectivity index (χ0v) is 14.8. The average Bonchev–Trinajstić information content (AvgIpc) is 2.98. The Bertz CT molecular complexity index is 691. The van der Waals surface area contributed by atoms with Gasteiger partial charge >= 0.3 is 0 Å². The smallest absolute Gasteiger partial charge is 0.230 e. The van der Waals surface area contributed by atoms with Gasteiger partial charge in [-0.25, -0.2) is 4.85 Å². The molecule has 0 N–H and O–H groups in total. The molecule has 1 aliphatic carbocycles. The molecular formula is C20H26N4O. The number of anilines is 1. The van der Waals surface area contributed by atoms with E-state index in [0.29, 0.717) is 24.2 Å². The summed E-state index contributed by atoms with van der Waals surface area (Å²) in [4.78, 5) is 25.8. The fourth-order valence-corrected chi connectivity index (χ4v) is 5.00. The molecule has 5 nitrogen and oxygen atoms in total. The fraction of sp³-hybridized carbons (Fsp3) is 0.650. The number of aromatic nitrogens is 1. The average molecular weight is 338 g/mol. The van der Waals surface area contributed by atoms with Gasteiger partial charge in [-0.3, -0.25) is 9.78 Å². The summed E-state index contributed by atoms with van der Waals surface area (Å²) in [7, 11) is 0. The Kier molecular flexibility index (Phi) is 4.37. The largest absolute Gasteiger partial charge is 0.364 e. The fourth-order valence-electron chi connectivity index (χ4n) is 5.00. The molecule has 0 aromatic carbocycles. The van der Waals surface area contributed by atoms with Crippen molar-refractivity contribution in [2.45, 2.75) is 57.4 Å². The molecule has 3 heterocycles. The van der Waals surface area contributed by atoms with Crippen molar-refractivity contribution < 1.29 is 4.79 Å². The van der Waals surface area contributed by atoms with Crippen molar-refractivity contribution in [1.82, 2.24) is 9.88 Å². The molecule has 1 aromatic rings. The number of amides is 1. The summed E-state index contributed by atoms with van der Waals surface area (Å²) in [6.45, 7) is 9.91. The van der Waals surface area contributed by atoms with Crippen molar-refractivity contribution in [3.05, 3.63) is 29.7 Å². The number of nitrogens with zero attached hydrogens (tertiary/aromatic N) is 4. The third-order valence-corrected chi connectivity index (χ3v) is 6.32. The highest BCUT2D eigenvalue weighted by molar-refractivity contribution is 5.86. The van der Waals surface area contributed by atoms with E-state index in [1.807, 2.05) is 12.1 Å². The molecule has 25 heavy (non-hydrogen) atoms. The standard InChI is InChI=1S/C20H26N4O/c1-21-17-9-5-12-22-18(17)23-13-6-10-20(15-23)11-14-24(19(20)25)16-7-3-2-4-8-16/h5,9,12,16H,2-4,6-8,10-11,13-15H2/t20-/m1/s1. The summed E-state index contributed by atoms with van der Waals surface area (Å²) in [6, 6.07) is 4.09. The highest BCUT2D eigenvalue weighted by Crippen LogP contribution is 2.44. The molecule has 3 aliphatic rings. The van der Waals surface area contributed by atoms with Crippen molar-refractivity contribution in [3.63, 3.8) is 0 Å². The lowest BCUT2D eigenvalue weighted by molar-refractivity contribution is -0.138. The van der Waals surface area contributed by atoms with Crippen LogP contribution in [0.4, 0.5) is 11.5 Å². The number of hydrogen-bond acceptors (Lipinski definition) is 3. The van der Waals surface area contributed by atoms with Crippen LogP contribution in [0.5, 0.6) is 0 Å². The lowest BCUT2D eigenvalue weighted by Crippen LogP contribution is -2.50. The molecule has 4 rings (SSSR count). The van der Waals surface area contributed by atoms with Crippen LogP contribution in [-0.2, 0) is 4.79 Å². The minimum Gasteiger partial charge on any atom is -0.364 e. The Balaban J connectivity index is 1.54. The number of pyridine rings is 1. The summed E-state index contributed by atoms with van der Waals surface area (Å²) in [5.41, 5.74) is 0.334. The van der Waals surface area contributed by atoms with E-state index in [2.05, 4.69) is 19.6 Å². The highest BCUT2D eigenvalue weighted by atomic mass is 16.2. The second-order valence-electron chi connectivity index (χ2n) is 7.80. The van der Waals surface area contributed by atoms with Gasteiger partial charge in [0.2, 0.25) is 11.6 Å². The van der Waals surface area contributed by atoms with Crippen molar-refractivity contribution in [2.24, 2.45) is 5.41 Å². The summed E-state index contributed by atoms with van der Waals surface area (Å²) in [5, 5.41) is 0. The van der Waals surface area contributed by atoms with Gasteiger partial charge in [0.15, 0.2) is 0 Å². The van der Waals surface area contributed by atoms with Crippen LogP contribution in [0.15, 0.2) is 18.3 Å². The maximum Gasteiger partial charge on any atom is 0.230 e. The van der Waals surface area contributed by atoms with Crippen LogP contribution in [0.2, 0.25) is 0 Å². The molecule has 1 amide bonds. The van der Waals surface area contributed by atoms with Crippen LogP contribution in [0, 0.1) is 12.0 Å². The molecule has 3 fully saturated rings. The number of rotatable bonds is 2. The minimum absolute atomic E-state index is 0.257. The Labute approximate surface area is 149 Å². The predicted molar refractivity (Wildman–Crippen MR) is 97.6 cm³/mol. The van der Waals surface area contributed by atoms with Crippen LogP contribution in [-0.4, -0.2) is 41.5 Å². The Hall–Kier alpha value is -2.09. The van der Waals surface area contributed by atoms with Crippen LogP contribution >= 0.6 is 0 Å². The minimum atomic E-state index is -0.257. The monoisotopic (exact) mass is 338 g/mol. The van der Waals surface area contributed by atoms with Gasteiger partial charge in [0, 0.05) is 31.9 Å². The van der Waals surface area contributed by atoms with Crippen LogP contribution in [0.25, 0.3) is 4.85 Å². The van der Waals surface area contributed by atoms with Gasteiger partial charge in [-0.2, -0.15) is 0 Å². The number of carbonyl (C=O) groups excluding carboxylic acids is 1. The lowest BCUT2D eigenvalue weighted by atomic mass is 9.78. The summed E-state index contributed by atoms with van der Waals surface area (Å²) >= 11 is 0. The van der Waals surface area contributed by atoms with Gasteiger partial charge in [0.05, 0.1) is 12.0 Å². The number of piperidine rings is 1. The van der Waals surface area contributed by atoms with Gasteiger partial charge in [0.25, 0.3) is 0 Å². The molecule has 5 heteroatoms. The Morgan fingerprint density at radius 2 is 2.00 bits per heavy atom. The van der Waals surface area contributed by atoms with Crippen molar-refractivity contribution in [2.75, 3.05) is 24.5 Å². The topological polar surface area (TPSA) is 40.8 Å².